The molecule has 0 fully saturated rings. The molecule has 1 heterocycles. The lowest BCUT2D eigenvalue weighted by Crippen LogP contribution is -2.14. The second kappa shape index (κ2) is 6.53. The van der Waals surface area contributed by atoms with Crippen LogP contribution in [-0.2, 0) is 4.74 Å². The first-order valence-corrected chi connectivity index (χ1v) is 5.49. The normalized spacial score (nSPS) is 12.7. The first-order valence-electron chi connectivity index (χ1n) is 5.49. The van der Waals surface area contributed by atoms with E-state index in [1.54, 1.807) is 6.20 Å². The van der Waals surface area contributed by atoms with E-state index in [1.807, 2.05) is 12.3 Å². The minimum Gasteiger partial charge on any atom is -0.381 e. The number of aryl methyl sites for hydroxylation is 1. The molecule has 0 aliphatic rings. The zero-order valence-corrected chi connectivity index (χ0v) is 9.57. The molecule has 1 aromatic heterocycles. The van der Waals surface area contributed by atoms with Gasteiger partial charge in [0.05, 0.1) is 0 Å². The zero-order chi connectivity index (χ0) is 11.1. The molecule has 84 valence electrons. The summed E-state index contributed by atoms with van der Waals surface area (Å²) in [6, 6.07) is 2.03. The second-order valence-corrected chi connectivity index (χ2v) is 3.74. The van der Waals surface area contributed by atoms with Crippen LogP contribution in [0.2, 0.25) is 0 Å². The molecular weight excluding hydrogens is 188 g/mol. The van der Waals surface area contributed by atoms with Crippen LogP contribution in [0.5, 0.6) is 0 Å². The molecule has 1 aromatic rings. The quantitative estimate of drug-likeness (QED) is 0.729. The average molecular weight is 208 g/mol. The first-order chi connectivity index (χ1) is 7.25. The van der Waals surface area contributed by atoms with Gasteiger partial charge in [-0.1, -0.05) is 6.92 Å². The van der Waals surface area contributed by atoms with Crippen molar-refractivity contribution < 1.29 is 4.74 Å². The third-order valence-electron chi connectivity index (χ3n) is 2.40. The van der Waals surface area contributed by atoms with Crippen LogP contribution in [0.15, 0.2) is 18.5 Å². The van der Waals surface area contributed by atoms with Gasteiger partial charge in [-0.15, -0.1) is 0 Å². The summed E-state index contributed by atoms with van der Waals surface area (Å²) >= 11 is 0. The number of pyridine rings is 1. The second-order valence-electron chi connectivity index (χ2n) is 3.74. The van der Waals surface area contributed by atoms with E-state index in [0.717, 1.165) is 31.6 Å². The molecule has 0 amide bonds. The highest BCUT2D eigenvalue weighted by Crippen LogP contribution is 2.16. The fourth-order valence-electron chi connectivity index (χ4n) is 1.48. The summed E-state index contributed by atoms with van der Waals surface area (Å²) in [7, 11) is 0. The molecule has 3 heteroatoms. The third-order valence-corrected chi connectivity index (χ3v) is 2.40. The summed E-state index contributed by atoms with van der Waals surface area (Å²) in [5, 5.41) is 0. The van der Waals surface area contributed by atoms with E-state index in [0.29, 0.717) is 0 Å². The average Bonchev–Trinajstić information content (AvgIpc) is 2.25. The third kappa shape index (κ3) is 3.98. The van der Waals surface area contributed by atoms with Crippen molar-refractivity contribution >= 4 is 0 Å². The number of rotatable bonds is 6. The maximum atomic E-state index is 6.06. The topological polar surface area (TPSA) is 48.1 Å². The van der Waals surface area contributed by atoms with Crippen molar-refractivity contribution in [3.05, 3.63) is 29.6 Å². The van der Waals surface area contributed by atoms with Crippen molar-refractivity contribution in [1.82, 2.24) is 4.98 Å². The summed E-state index contributed by atoms with van der Waals surface area (Å²) in [5.41, 5.74) is 8.38. The summed E-state index contributed by atoms with van der Waals surface area (Å²) < 4.78 is 5.41. The summed E-state index contributed by atoms with van der Waals surface area (Å²) in [6.45, 7) is 5.71. The largest absolute Gasteiger partial charge is 0.381 e. The Hall–Kier alpha value is -0.930. The van der Waals surface area contributed by atoms with Gasteiger partial charge in [0, 0.05) is 31.6 Å². The molecule has 1 unspecified atom stereocenters. The number of nitrogens with zero attached hydrogens (tertiary/aromatic N) is 1. The Morgan fingerprint density at radius 1 is 1.47 bits per heavy atom. The van der Waals surface area contributed by atoms with E-state index in [2.05, 4.69) is 18.8 Å². The maximum Gasteiger partial charge on any atom is 0.0484 e. The minimum absolute atomic E-state index is 0.0376. The molecule has 0 aliphatic heterocycles. The van der Waals surface area contributed by atoms with Crippen molar-refractivity contribution in [2.75, 3.05) is 13.2 Å². The highest BCUT2D eigenvalue weighted by Gasteiger charge is 2.08. The van der Waals surface area contributed by atoms with Gasteiger partial charge in [0.2, 0.25) is 0 Å². The molecule has 2 N–H and O–H groups in total. The van der Waals surface area contributed by atoms with Crippen LogP contribution in [0, 0.1) is 6.92 Å². The molecule has 1 atom stereocenters. The predicted molar refractivity (Wildman–Crippen MR) is 61.6 cm³/mol. The van der Waals surface area contributed by atoms with Crippen LogP contribution in [0.3, 0.4) is 0 Å². The van der Waals surface area contributed by atoms with Crippen LogP contribution in [0.25, 0.3) is 0 Å². The fourth-order valence-corrected chi connectivity index (χ4v) is 1.48. The van der Waals surface area contributed by atoms with Crippen LogP contribution < -0.4 is 5.73 Å². The fraction of sp³-hybridized carbons (Fsp3) is 0.583. The van der Waals surface area contributed by atoms with E-state index in [-0.39, 0.29) is 6.04 Å². The van der Waals surface area contributed by atoms with Crippen LogP contribution in [0.1, 0.15) is 36.9 Å². The number of ether oxygens (including phenoxy) is 1. The van der Waals surface area contributed by atoms with Gasteiger partial charge in [0.1, 0.15) is 0 Å². The smallest absolute Gasteiger partial charge is 0.0484 e. The molecule has 0 saturated carbocycles. The van der Waals surface area contributed by atoms with E-state index in [1.165, 1.54) is 5.56 Å². The Bertz CT molecular complexity index is 289. The molecule has 0 saturated heterocycles. The van der Waals surface area contributed by atoms with Gasteiger partial charge < -0.3 is 10.5 Å². The Morgan fingerprint density at radius 3 is 2.93 bits per heavy atom. The molecule has 0 aromatic carbocycles. The summed E-state index contributed by atoms with van der Waals surface area (Å²) in [5.74, 6) is 0. The van der Waals surface area contributed by atoms with Crippen molar-refractivity contribution in [2.45, 2.75) is 32.7 Å². The zero-order valence-electron chi connectivity index (χ0n) is 9.57. The molecule has 1 rings (SSSR count). The van der Waals surface area contributed by atoms with Gasteiger partial charge in [0.15, 0.2) is 0 Å². The minimum atomic E-state index is 0.0376. The summed E-state index contributed by atoms with van der Waals surface area (Å²) in [4.78, 5) is 4.09. The van der Waals surface area contributed by atoms with Crippen molar-refractivity contribution in [3.63, 3.8) is 0 Å². The van der Waals surface area contributed by atoms with E-state index in [4.69, 9.17) is 10.5 Å². The molecule has 15 heavy (non-hydrogen) atoms. The molecule has 0 bridgehead atoms. The Balaban J connectivity index is 2.40. The van der Waals surface area contributed by atoms with Gasteiger partial charge in [-0.25, -0.2) is 0 Å². The number of hydrogen-bond acceptors (Lipinski definition) is 3. The van der Waals surface area contributed by atoms with Crippen molar-refractivity contribution in [2.24, 2.45) is 5.73 Å². The highest BCUT2D eigenvalue weighted by atomic mass is 16.5. The number of nitrogens with two attached hydrogens (primary N) is 1. The van der Waals surface area contributed by atoms with Crippen molar-refractivity contribution in [1.29, 1.82) is 0 Å². The SMILES string of the molecule is CCCOCCC(N)c1cnccc1C. The van der Waals surface area contributed by atoms with Gasteiger partial charge in [0.25, 0.3) is 0 Å². The lowest BCUT2D eigenvalue weighted by atomic mass is 10.0. The highest BCUT2D eigenvalue weighted by molar-refractivity contribution is 5.24. The van der Waals surface area contributed by atoms with Gasteiger partial charge in [-0.05, 0) is 37.0 Å². The van der Waals surface area contributed by atoms with Gasteiger partial charge in [-0.2, -0.15) is 0 Å². The van der Waals surface area contributed by atoms with Gasteiger partial charge in [-0.3, -0.25) is 4.98 Å². The molecular formula is C12H20N2O. The molecule has 0 radical (unpaired) electrons. The number of hydrogen-bond donors (Lipinski definition) is 1. The molecule has 0 aliphatic carbocycles. The standard InChI is InChI=1S/C12H20N2O/c1-3-7-15-8-5-12(13)11-9-14-6-4-10(11)2/h4,6,9,12H,3,5,7-8,13H2,1-2H3. The summed E-state index contributed by atoms with van der Waals surface area (Å²) in [6.07, 6.45) is 5.55. The van der Waals surface area contributed by atoms with Gasteiger partial charge >= 0.3 is 0 Å². The lowest BCUT2D eigenvalue weighted by molar-refractivity contribution is 0.127. The van der Waals surface area contributed by atoms with E-state index >= 15 is 0 Å². The Morgan fingerprint density at radius 2 is 2.27 bits per heavy atom. The van der Waals surface area contributed by atoms with Crippen LogP contribution in [-0.4, -0.2) is 18.2 Å². The lowest BCUT2D eigenvalue weighted by Gasteiger charge is -2.13. The maximum absolute atomic E-state index is 6.06. The molecule has 0 spiro atoms. The van der Waals surface area contributed by atoms with E-state index < -0.39 is 0 Å². The number of aromatic nitrogens is 1. The van der Waals surface area contributed by atoms with Crippen LogP contribution >= 0.6 is 0 Å². The van der Waals surface area contributed by atoms with Crippen LogP contribution in [0.4, 0.5) is 0 Å². The Kier molecular flexibility index (Phi) is 5.29. The molecule has 3 nitrogen and oxygen atoms in total. The van der Waals surface area contributed by atoms with Crippen molar-refractivity contribution in [3.8, 4) is 0 Å². The predicted octanol–water partition coefficient (Wildman–Crippen LogP) is 2.21. The monoisotopic (exact) mass is 208 g/mol. The Labute approximate surface area is 91.7 Å². The van der Waals surface area contributed by atoms with E-state index in [9.17, 15) is 0 Å². The first kappa shape index (κ1) is 12.1.